The standard InChI is InChI=1S/C10H12N6O3/c1-14-4-7(16(18)19)3-8(14)10(17)15(2)5-9-11-6-12-13-9/h3-4,6H,5H2,1-2H3,(H,11,12,13). The number of nitro groups is 1. The van der Waals surface area contributed by atoms with Crippen molar-refractivity contribution in [3.63, 3.8) is 0 Å². The predicted molar refractivity (Wildman–Crippen MR) is 64.2 cm³/mol. The first-order chi connectivity index (χ1) is 8.99. The third-order valence-corrected chi connectivity index (χ3v) is 2.62. The maximum atomic E-state index is 12.1. The first-order valence-corrected chi connectivity index (χ1v) is 5.39. The van der Waals surface area contributed by atoms with Gasteiger partial charge < -0.3 is 9.47 Å². The fourth-order valence-electron chi connectivity index (χ4n) is 1.66. The molecule has 1 amide bonds. The van der Waals surface area contributed by atoms with Crippen LogP contribution in [0.3, 0.4) is 0 Å². The minimum absolute atomic E-state index is 0.112. The van der Waals surface area contributed by atoms with Crippen molar-refractivity contribution >= 4 is 11.6 Å². The molecule has 0 unspecified atom stereocenters. The van der Waals surface area contributed by atoms with Gasteiger partial charge in [-0.3, -0.25) is 20.0 Å². The van der Waals surface area contributed by atoms with Crippen LogP contribution in [0.15, 0.2) is 18.6 Å². The van der Waals surface area contributed by atoms with Gasteiger partial charge in [-0.05, 0) is 0 Å². The second-order valence-corrected chi connectivity index (χ2v) is 4.04. The molecule has 2 aromatic rings. The van der Waals surface area contributed by atoms with E-state index in [0.717, 1.165) is 0 Å². The molecule has 0 aliphatic heterocycles. The molecule has 0 spiro atoms. The van der Waals surface area contributed by atoms with E-state index in [4.69, 9.17) is 0 Å². The maximum absolute atomic E-state index is 12.1. The summed E-state index contributed by atoms with van der Waals surface area (Å²) in [5.41, 5.74) is 0.132. The molecule has 0 saturated heterocycles. The summed E-state index contributed by atoms with van der Waals surface area (Å²) >= 11 is 0. The van der Waals surface area contributed by atoms with E-state index < -0.39 is 4.92 Å². The van der Waals surface area contributed by atoms with Gasteiger partial charge in [0.1, 0.15) is 17.8 Å². The van der Waals surface area contributed by atoms with Crippen molar-refractivity contribution in [2.45, 2.75) is 6.54 Å². The van der Waals surface area contributed by atoms with E-state index in [2.05, 4.69) is 15.2 Å². The zero-order chi connectivity index (χ0) is 14.0. The van der Waals surface area contributed by atoms with Crippen molar-refractivity contribution in [1.82, 2.24) is 24.6 Å². The Morgan fingerprint density at radius 1 is 1.63 bits per heavy atom. The lowest BCUT2D eigenvalue weighted by Gasteiger charge is -2.15. The van der Waals surface area contributed by atoms with Gasteiger partial charge in [0.05, 0.1) is 17.7 Å². The van der Waals surface area contributed by atoms with Crippen molar-refractivity contribution in [1.29, 1.82) is 0 Å². The Kier molecular flexibility index (Phi) is 3.27. The number of aryl methyl sites for hydroxylation is 1. The van der Waals surface area contributed by atoms with Crippen LogP contribution in [0.1, 0.15) is 16.3 Å². The molecule has 19 heavy (non-hydrogen) atoms. The Balaban J connectivity index is 2.17. The van der Waals surface area contributed by atoms with Crippen molar-refractivity contribution < 1.29 is 9.72 Å². The van der Waals surface area contributed by atoms with Gasteiger partial charge in [0.25, 0.3) is 11.6 Å². The van der Waals surface area contributed by atoms with Crippen LogP contribution in [0.25, 0.3) is 0 Å². The average molecular weight is 264 g/mol. The SMILES string of the molecule is CN(Cc1ncn[nH]1)C(=O)c1cc([N+](=O)[O-])cn1C. The van der Waals surface area contributed by atoms with E-state index in [1.165, 1.54) is 28.1 Å². The van der Waals surface area contributed by atoms with Crippen molar-refractivity contribution in [2.24, 2.45) is 7.05 Å². The number of carbonyl (C=O) groups excluding carboxylic acids is 1. The van der Waals surface area contributed by atoms with Gasteiger partial charge in [0.2, 0.25) is 0 Å². The van der Waals surface area contributed by atoms with E-state index in [1.54, 1.807) is 14.1 Å². The smallest absolute Gasteiger partial charge is 0.287 e. The fraction of sp³-hybridized carbons (Fsp3) is 0.300. The monoisotopic (exact) mass is 264 g/mol. The molecular weight excluding hydrogens is 252 g/mol. The Morgan fingerprint density at radius 2 is 2.37 bits per heavy atom. The summed E-state index contributed by atoms with van der Waals surface area (Å²) in [6.45, 7) is 0.248. The van der Waals surface area contributed by atoms with Gasteiger partial charge in [0, 0.05) is 20.2 Å². The summed E-state index contributed by atoms with van der Waals surface area (Å²) in [4.78, 5) is 27.6. The van der Waals surface area contributed by atoms with Crippen LogP contribution in [-0.2, 0) is 13.6 Å². The summed E-state index contributed by atoms with van der Waals surface area (Å²) in [5, 5.41) is 17.0. The number of H-pyrrole nitrogens is 1. The lowest BCUT2D eigenvalue weighted by atomic mass is 10.3. The van der Waals surface area contributed by atoms with Crippen molar-refractivity contribution in [3.8, 4) is 0 Å². The van der Waals surface area contributed by atoms with Crippen molar-refractivity contribution in [3.05, 3.63) is 40.2 Å². The molecular formula is C10H12N6O3. The number of nitrogens with zero attached hydrogens (tertiary/aromatic N) is 5. The van der Waals surface area contributed by atoms with E-state index in [9.17, 15) is 14.9 Å². The lowest BCUT2D eigenvalue weighted by molar-refractivity contribution is -0.384. The summed E-state index contributed by atoms with van der Waals surface area (Å²) in [5.74, 6) is 0.214. The highest BCUT2D eigenvalue weighted by Gasteiger charge is 2.20. The first kappa shape index (κ1) is 12.7. The summed E-state index contributed by atoms with van der Waals surface area (Å²) in [7, 11) is 3.17. The molecule has 0 bridgehead atoms. The van der Waals surface area contributed by atoms with Gasteiger partial charge in [-0.1, -0.05) is 0 Å². The number of hydrogen-bond donors (Lipinski definition) is 1. The highest BCUT2D eigenvalue weighted by atomic mass is 16.6. The number of aromatic nitrogens is 4. The number of rotatable bonds is 4. The average Bonchev–Trinajstić information content (AvgIpc) is 2.97. The molecule has 0 aliphatic rings. The molecule has 1 N–H and O–H groups in total. The molecule has 0 saturated carbocycles. The van der Waals surface area contributed by atoms with Gasteiger partial charge in [-0.25, -0.2) is 4.98 Å². The van der Waals surface area contributed by atoms with Gasteiger partial charge in [0.15, 0.2) is 0 Å². The molecule has 0 aromatic carbocycles. The topological polar surface area (TPSA) is 110 Å². The third-order valence-electron chi connectivity index (χ3n) is 2.62. The third kappa shape index (κ3) is 2.59. The maximum Gasteiger partial charge on any atom is 0.287 e. The van der Waals surface area contributed by atoms with Crippen LogP contribution in [-0.4, -0.2) is 42.5 Å². The van der Waals surface area contributed by atoms with Crippen molar-refractivity contribution in [2.75, 3.05) is 7.05 Å². The molecule has 2 rings (SSSR count). The van der Waals surface area contributed by atoms with Gasteiger partial charge in [-0.2, -0.15) is 5.10 Å². The molecule has 0 radical (unpaired) electrons. The molecule has 2 heterocycles. The zero-order valence-corrected chi connectivity index (χ0v) is 10.4. The summed E-state index contributed by atoms with van der Waals surface area (Å²) in [6, 6.07) is 1.25. The quantitative estimate of drug-likeness (QED) is 0.631. The Bertz CT molecular complexity index is 603. The Morgan fingerprint density at radius 3 is 2.89 bits per heavy atom. The molecule has 0 fully saturated rings. The number of amides is 1. The number of aromatic amines is 1. The Labute approximate surface area is 108 Å². The predicted octanol–water partition coefficient (Wildman–Crippen LogP) is 0.324. The highest BCUT2D eigenvalue weighted by molar-refractivity contribution is 5.93. The molecule has 9 nitrogen and oxygen atoms in total. The largest absolute Gasteiger partial charge is 0.340 e. The highest BCUT2D eigenvalue weighted by Crippen LogP contribution is 2.16. The van der Waals surface area contributed by atoms with Crippen LogP contribution in [0.4, 0.5) is 5.69 Å². The van der Waals surface area contributed by atoms with E-state index >= 15 is 0 Å². The molecule has 100 valence electrons. The number of hydrogen-bond acceptors (Lipinski definition) is 5. The lowest BCUT2D eigenvalue weighted by Crippen LogP contribution is -2.28. The zero-order valence-electron chi connectivity index (χ0n) is 10.4. The Hall–Kier alpha value is -2.71. The van der Waals surface area contributed by atoms with Crippen LogP contribution in [0.5, 0.6) is 0 Å². The second-order valence-electron chi connectivity index (χ2n) is 4.04. The molecule has 0 aliphatic carbocycles. The minimum Gasteiger partial charge on any atom is -0.340 e. The summed E-state index contributed by atoms with van der Waals surface area (Å²) in [6.07, 6.45) is 2.65. The molecule has 2 aromatic heterocycles. The van der Waals surface area contributed by atoms with Crippen LogP contribution in [0, 0.1) is 10.1 Å². The van der Waals surface area contributed by atoms with Gasteiger partial charge in [-0.15, -0.1) is 0 Å². The second kappa shape index (κ2) is 4.88. The van der Waals surface area contributed by atoms with Gasteiger partial charge >= 0.3 is 0 Å². The normalized spacial score (nSPS) is 10.4. The molecule has 9 heteroatoms. The van der Waals surface area contributed by atoms with Crippen LogP contribution >= 0.6 is 0 Å². The van der Waals surface area contributed by atoms with E-state index in [-0.39, 0.29) is 23.8 Å². The first-order valence-electron chi connectivity index (χ1n) is 5.39. The number of nitrogens with one attached hydrogen (secondary N) is 1. The van der Waals surface area contributed by atoms with Crippen LogP contribution < -0.4 is 0 Å². The molecule has 0 atom stereocenters. The minimum atomic E-state index is -0.534. The van der Waals surface area contributed by atoms with E-state index in [0.29, 0.717) is 5.82 Å². The van der Waals surface area contributed by atoms with Crippen LogP contribution in [0.2, 0.25) is 0 Å². The number of carbonyl (C=O) groups is 1. The van der Waals surface area contributed by atoms with E-state index in [1.807, 2.05) is 0 Å². The fourth-order valence-corrected chi connectivity index (χ4v) is 1.66. The summed E-state index contributed by atoms with van der Waals surface area (Å²) < 4.78 is 1.43.